The van der Waals surface area contributed by atoms with Crippen LogP contribution in [0.2, 0.25) is 5.02 Å². The molecule has 6 heteroatoms. The molecule has 4 aromatic rings. The Morgan fingerprint density at radius 1 is 1.07 bits per heavy atom. The molecule has 2 aromatic heterocycles. The predicted molar refractivity (Wildman–Crippen MR) is 111 cm³/mol. The summed E-state index contributed by atoms with van der Waals surface area (Å²) in [5.74, 6) is 1.94. The van der Waals surface area contributed by atoms with E-state index in [2.05, 4.69) is 29.3 Å². The third-order valence-corrected chi connectivity index (χ3v) is 4.70. The highest BCUT2D eigenvalue weighted by Crippen LogP contribution is 2.31. The van der Waals surface area contributed by atoms with Crippen LogP contribution in [0.3, 0.4) is 0 Å². The second-order valence-electron chi connectivity index (χ2n) is 6.76. The summed E-state index contributed by atoms with van der Waals surface area (Å²) in [5, 5.41) is 5.97. The van der Waals surface area contributed by atoms with Gasteiger partial charge in [-0.1, -0.05) is 35.9 Å². The minimum Gasteiger partial charge on any atom is -0.453 e. The Balaban J connectivity index is 1.75. The number of nitrogens with one attached hydrogen (secondary N) is 1. The van der Waals surface area contributed by atoms with Crippen LogP contribution in [0.1, 0.15) is 6.42 Å². The van der Waals surface area contributed by atoms with E-state index in [9.17, 15) is 0 Å². The lowest BCUT2D eigenvalue weighted by Crippen LogP contribution is -2.16. The topological polar surface area (TPSA) is 54.2 Å². The fraction of sp³-hybridized carbons (Fsp3) is 0.238. The minimum absolute atomic E-state index is 0.530. The summed E-state index contributed by atoms with van der Waals surface area (Å²) in [6.07, 6.45) is 1.01. The van der Waals surface area contributed by atoms with Crippen LogP contribution in [-0.4, -0.2) is 42.1 Å². The number of fused-ring (bicyclic) bond motifs is 2. The lowest BCUT2D eigenvalue weighted by atomic mass is 10.2. The van der Waals surface area contributed by atoms with Crippen LogP contribution >= 0.6 is 11.6 Å². The number of anilines is 1. The molecular weight excluding hydrogens is 360 g/mol. The highest BCUT2D eigenvalue weighted by atomic mass is 35.5. The maximum Gasteiger partial charge on any atom is 0.198 e. The Labute approximate surface area is 163 Å². The van der Waals surface area contributed by atoms with E-state index < -0.39 is 0 Å². The number of furan rings is 1. The fourth-order valence-corrected chi connectivity index (χ4v) is 3.27. The van der Waals surface area contributed by atoms with Crippen LogP contribution in [-0.2, 0) is 0 Å². The summed E-state index contributed by atoms with van der Waals surface area (Å²) in [4.78, 5) is 11.6. The van der Waals surface area contributed by atoms with Crippen LogP contribution in [0.5, 0.6) is 0 Å². The minimum atomic E-state index is 0.530. The normalized spacial score (nSPS) is 11.6. The molecule has 0 saturated heterocycles. The molecule has 0 fully saturated rings. The van der Waals surface area contributed by atoms with Gasteiger partial charge in [-0.15, -0.1) is 0 Å². The summed E-state index contributed by atoms with van der Waals surface area (Å²) in [6, 6.07) is 15.6. The Morgan fingerprint density at radius 3 is 2.74 bits per heavy atom. The number of para-hydroxylation sites is 2. The van der Waals surface area contributed by atoms with E-state index in [1.54, 1.807) is 0 Å². The maximum atomic E-state index is 6.41. The van der Waals surface area contributed by atoms with Crippen molar-refractivity contribution in [2.24, 2.45) is 0 Å². The van der Waals surface area contributed by atoms with E-state index in [1.807, 2.05) is 48.5 Å². The van der Waals surface area contributed by atoms with Crippen LogP contribution in [0.25, 0.3) is 33.5 Å². The van der Waals surface area contributed by atoms with Gasteiger partial charge < -0.3 is 14.6 Å². The average molecular weight is 381 g/mol. The average Bonchev–Trinajstić information content (AvgIpc) is 3.09. The van der Waals surface area contributed by atoms with Gasteiger partial charge in [0.15, 0.2) is 11.6 Å². The van der Waals surface area contributed by atoms with Gasteiger partial charge in [-0.3, -0.25) is 0 Å². The second-order valence-corrected chi connectivity index (χ2v) is 7.17. The second kappa shape index (κ2) is 7.55. The van der Waals surface area contributed by atoms with E-state index in [4.69, 9.17) is 21.0 Å². The molecule has 0 bridgehead atoms. The van der Waals surface area contributed by atoms with Gasteiger partial charge in [-0.2, -0.15) is 0 Å². The van der Waals surface area contributed by atoms with Gasteiger partial charge in [0.2, 0.25) is 0 Å². The fourth-order valence-electron chi connectivity index (χ4n) is 3.06. The molecule has 0 aliphatic rings. The van der Waals surface area contributed by atoms with Crippen molar-refractivity contribution in [2.45, 2.75) is 6.42 Å². The van der Waals surface area contributed by atoms with Gasteiger partial charge in [0, 0.05) is 17.3 Å². The molecule has 2 heterocycles. The van der Waals surface area contributed by atoms with Crippen LogP contribution in [0, 0.1) is 0 Å². The van der Waals surface area contributed by atoms with Crippen LogP contribution in [0.15, 0.2) is 52.9 Å². The molecule has 0 radical (unpaired) electrons. The number of benzene rings is 2. The van der Waals surface area contributed by atoms with E-state index >= 15 is 0 Å². The number of hydrogen-bond acceptors (Lipinski definition) is 5. The molecule has 0 aliphatic carbocycles. The van der Waals surface area contributed by atoms with Gasteiger partial charge in [0.05, 0.1) is 10.5 Å². The highest BCUT2D eigenvalue weighted by molar-refractivity contribution is 6.35. The first kappa shape index (κ1) is 17.8. The maximum absolute atomic E-state index is 6.41. The van der Waals surface area contributed by atoms with E-state index in [0.29, 0.717) is 16.6 Å². The largest absolute Gasteiger partial charge is 0.453 e. The van der Waals surface area contributed by atoms with Gasteiger partial charge >= 0.3 is 0 Å². The van der Waals surface area contributed by atoms with Crippen molar-refractivity contribution in [3.63, 3.8) is 0 Å². The van der Waals surface area contributed by atoms with Gasteiger partial charge in [0.25, 0.3) is 0 Å². The number of halogens is 1. The zero-order valence-corrected chi connectivity index (χ0v) is 16.1. The van der Waals surface area contributed by atoms with E-state index in [-0.39, 0.29) is 0 Å². The molecule has 27 heavy (non-hydrogen) atoms. The molecule has 0 aliphatic heterocycles. The highest BCUT2D eigenvalue weighted by Gasteiger charge is 2.14. The lowest BCUT2D eigenvalue weighted by Gasteiger charge is -2.12. The van der Waals surface area contributed by atoms with Gasteiger partial charge in [0.1, 0.15) is 11.4 Å². The van der Waals surface area contributed by atoms with Crippen molar-refractivity contribution in [2.75, 3.05) is 32.5 Å². The monoisotopic (exact) mass is 380 g/mol. The Bertz CT molecular complexity index is 1060. The number of aromatic nitrogens is 2. The van der Waals surface area contributed by atoms with Gasteiger partial charge in [-0.25, -0.2) is 9.97 Å². The summed E-state index contributed by atoms with van der Waals surface area (Å²) in [6.45, 7) is 1.82. The zero-order valence-electron chi connectivity index (χ0n) is 15.4. The molecule has 1 N–H and O–H groups in total. The van der Waals surface area contributed by atoms with E-state index in [0.717, 1.165) is 47.2 Å². The molecule has 5 nitrogen and oxygen atoms in total. The zero-order chi connectivity index (χ0) is 18.8. The van der Waals surface area contributed by atoms with Crippen molar-refractivity contribution in [1.29, 1.82) is 0 Å². The number of nitrogens with zero attached hydrogens (tertiary/aromatic N) is 3. The summed E-state index contributed by atoms with van der Waals surface area (Å²) in [5.41, 5.74) is 1.54. The molecule has 0 amide bonds. The number of hydrogen-bond donors (Lipinski definition) is 1. The number of rotatable bonds is 6. The molecule has 4 rings (SSSR count). The van der Waals surface area contributed by atoms with Crippen molar-refractivity contribution >= 4 is 39.3 Å². The smallest absolute Gasteiger partial charge is 0.198 e. The Morgan fingerprint density at radius 2 is 1.93 bits per heavy atom. The lowest BCUT2D eigenvalue weighted by molar-refractivity contribution is 0.405. The molecule has 0 saturated carbocycles. The molecule has 0 atom stereocenters. The molecular formula is C21H21ClN4O. The Kier molecular flexibility index (Phi) is 4.97. The third-order valence-electron chi connectivity index (χ3n) is 4.40. The van der Waals surface area contributed by atoms with Crippen molar-refractivity contribution in [1.82, 2.24) is 14.9 Å². The molecule has 138 valence electrons. The third kappa shape index (κ3) is 3.75. The van der Waals surface area contributed by atoms with Gasteiger partial charge in [-0.05, 0) is 51.3 Å². The predicted octanol–water partition coefficient (Wildman–Crippen LogP) is 5.06. The van der Waals surface area contributed by atoms with Crippen LogP contribution in [0.4, 0.5) is 5.82 Å². The SMILES string of the molecule is CN(C)CCCNc1nc(-c2cc3ccccc3o2)nc2c(Cl)cccc12. The molecule has 0 unspecified atom stereocenters. The van der Waals surface area contributed by atoms with Crippen molar-refractivity contribution in [3.05, 3.63) is 53.6 Å². The summed E-state index contributed by atoms with van der Waals surface area (Å²) < 4.78 is 5.95. The molecule has 2 aromatic carbocycles. The molecule has 0 spiro atoms. The Hall–Kier alpha value is -2.63. The van der Waals surface area contributed by atoms with Crippen molar-refractivity contribution in [3.8, 4) is 11.6 Å². The first-order valence-electron chi connectivity index (χ1n) is 8.95. The van der Waals surface area contributed by atoms with E-state index in [1.165, 1.54) is 0 Å². The van der Waals surface area contributed by atoms with Crippen LogP contribution < -0.4 is 5.32 Å². The van der Waals surface area contributed by atoms with Crippen molar-refractivity contribution < 1.29 is 4.42 Å². The summed E-state index contributed by atoms with van der Waals surface area (Å²) >= 11 is 6.41. The first-order valence-corrected chi connectivity index (χ1v) is 9.33. The first-order chi connectivity index (χ1) is 13.1. The summed E-state index contributed by atoms with van der Waals surface area (Å²) in [7, 11) is 4.14. The quantitative estimate of drug-likeness (QED) is 0.474. The standard InChI is InChI=1S/C21H21ClN4O/c1-26(2)12-6-11-23-20-15-8-5-9-16(22)19(15)24-21(25-20)18-13-14-7-3-4-10-17(14)27-18/h3-5,7-10,13H,6,11-12H2,1-2H3,(H,23,24,25).